The molecule has 0 atom stereocenters. The third-order valence-electron chi connectivity index (χ3n) is 3.19. The molecule has 0 bridgehead atoms. The predicted molar refractivity (Wildman–Crippen MR) is 81.3 cm³/mol. The van der Waals surface area contributed by atoms with Crippen molar-refractivity contribution in [1.29, 1.82) is 0 Å². The summed E-state index contributed by atoms with van der Waals surface area (Å²) in [6, 6.07) is 11.3. The second kappa shape index (κ2) is 5.02. The number of rotatable bonds is 2. The van der Waals surface area contributed by atoms with E-state index in [9.17, 15) is 4.79 Å². The number of aromatic nitrogens is 2. The number of amides is 1. The molecule has 3 aromatic rings. The monoisotopic (exact) mass is 283 g/mol. The van der Waals surface area contributed by atoms with Gasteiger partial charge in [-0.25, -0.2) is 0 Å². The van der Waals surface area contributed by atoms with Gasteiger partial charge in [-0.1, -0.05) is 23.8 Å². The molecule has 3 rings (SSSR count). The molecule has 4 nitrogen and oxygen atoms in total. The molecule has 0 aliphatic heterocycles. The summed E-state index contributed by atoms with van der Waals surface area (Å²) in [6.07, 6.45) is 0. The number of hydrogen-bond donors (Lipinski definition) is 1. The van der Waals surface area contributed by atoms with Crippen LogP contribution in [0.1, 0.15) is 21.5 Å². The van der Waals surface area contributed by atoms with Gasteiger partial charge in [-0.3, -0.25) is 4.79 Å². The first-order valence-electron chi connectivity index (χ1n) is 6.25. The number of aryl methyl sites for hydroxylation is 2. The van der Waals surface area contributed by atoms with Gasteiger partial charge in [-0.15, -0.1) is 0 Å². The van der Waals surface area contributed by atoms with Gasteiger partial charge in [0.1, 0.15) is 11.0 Å². The molecule has 0 saturated heterocycles. The summed E-state index contributed by atoms with van der Waals surface area (Å²) in [5.41, 5.74) is 5.03. The van der Waals surface area contributed by atoms with E-state index in [2.05, 4.69) is 14.1 Å². The molecule has 0 radical (unpaired) electrons. The van der Waals surface area contributed by atoms with Crippen LogP contribution in [-0.2, 0) is 0 Å². The van der Waals surface area contributed by atoms with Crippen LogP contribution in [-0.4, -0.2) is 14.7 Å². The van der Waals surface area contributed by atoms with Crippen molar-refractivity contribution in [3.8, 4) is 0 Å². The zero-order valence-electron chi connectivity index (χ0n) is 11.2. The summed E-state index contributed by atoms with van der Waals surface area (Å²) in [5, 5.41) is 2.94. The van der Waals surface area contributed by atoms with Gasteiger partial charge in [0.15, 0.2) is 0 Å². The Morgan fingerprint density at radius 3 is 2.55 bits per heavy atom. The summed E-state index contributed by atoms with van der Waals surface area (Å²) in [6.45, 7) is 3.94. The Kier molecular flexibility index (Phi) is 3.20. The lowest BCUT2D eigenvalue weighted by Gasteiger charge is -2.09. The van der Waals surface area contributed by atoms with Crippen molar-refractivity contribution in [1.82, 2.24) is 8.75 Å². The Morgan fingerprint density at radius 1 is 1.05 bits per heavy atom. The van der Waals surface area contributed by atoms with Crippen molar-refractivity contribution in [3.05, 3.63) is 53.1 Å². The van der Waals surface area contributed by atoms with E-state index in [1.807, 2.05) is 50.2 Å². The Balaban J connectivity index is 1.96. The lowest BCUT2D eigenvalue weighted by Crippen LogP contribution is -2.13. The fourth-order valence-electron chi connectivity index (χ4n) is 2.00. The summed E-state index contributed by atoms with van der Waals surface area (Å²) in [7, 11) is 0. The van der Waals surface area contributed by atoms with Crippen molar-refractivity contribution < 1.29 is 4.79 Å². The molecule has 1 amide bonds. The van der Waals surface area contributed by atoms with Crippen LogP contribution < -0.4 is 5.32 Å². The summed E-state index contributed by atoms with van der Waals surface area (Å²) in [4.78, 5) is 12.3. The molecule has 1 N–H and O–H groups in total. The highest BCUT2D eigenvalue weighted by atomic mass is 32.1. The Hall–Kier alpha value is -2.27. The topological polar surface area (TPSA) is 54.9 Å². The van der Waals surface area contributed by atoms with E-state index < -0.39 is 0 Å². The molecule has 0 unspecified atom stereocenters. The van der Waals surface area contributed by atoms with Crippen LogP contribution in [0.15, 0.2) is 36.4 Å². The van der Waals surface area contributed by atoms with Crippen LogP contribution in [0.4, 0.5) is 5.69 Å². The number of nitrogens with one attached hydrogen (secondary N) is 1. The maximum Gasteiger partial charge on any atom is 0.255 e. The molecule has 1 aromatic heterocycles. The molecule has 0 spiro atoms. The van der Waals surface area contributed by atoms with Crippen LogP contribution in [0.2, 0.25) is 0 Å². The predicted octanol–water partition coefficient (Wildman–Crippen LogP) is 3.56. The largest absolute Gasteiger partial charge is 0.320 e. The lowest BCUT2D eigenvalue weighted by atomic mass is 10.1. The Bertz CT molecular complexity index is 777. The number of benzene rings is 2. The Labute approximate surface area is 120 Å². The van der Waals surface area contributed by atoms with Crippen molar-refractivity contribution in [2.24, 2.45) is 0 Å². The fourth-order valence-corrected chi connectivity index (χ4v) is 2.54. The van der Waals surface area contributed by atoms with Gasteiger partial charge >= 0.3 is 0 Å². The van der Waals surface area contributed by atoms with E-state index in [4.69, 9.17) is 0 Å². The van der Waals surface area contributed by atoms with Gasteiger partial charge in [-0.2, -0.15) is 8.75 Å². The number of anilines is 1. The van der Waals surface area contributed by atoms with E-state index >= 15 is 0 Å². The van der Waals surface area contributed by atoms with E-state index in [1.165, 1.54) is 0 Å². The van der Waals surface area contributed by atoms with Gasteiger partial charge in [0.25, 0.3) is 5.91 Å². The van der Waals surface area contributed by atoms with Gasteiger partial charge < -0.3 is 5.32 Å². The molecule has 0 aliphatic carbocycles. The van der Waals surface area contributed by atoms with Gasteiger partial charge in [0.2, 0.25) is 0 Å². The third kappa shape index (κ3) is 2.28. The number of hydrogen-bond acceptors (Lipinski definition) is 4. The van der Waals surface area contributed by atoms with Crippen LogP contribution in [0.5, 0.6) is 0 Å². The molecule has 2 aromatic carbocycles. The number of carbonyl (C=O) groups is 1. The maximum absolute atomic E-state index is 12.3. The standard InChI is InChI=1S/C15H13N3OS/c1-9-3-6-11(7-4-9)15(19)16-13-10(2)5-8-12-14(13)18-20-17-12/h3-8H,1-2H3,(H,16,19). The van der Waals surface area contributed by atoms with Crippen molar-refractivity contribution in [2.45, 2.75) is 13.8 Å². The van der Waals surface area contributed by atoms with E-state index in [-0.39, 0.29) is 5.91 Å². The van der Waals surface area contributed by atoms with Crippen LogP contribution in [0, 0.1) is 13.8 Å². The number of nitrogens with zero attached hydrogens (tertiary/aromatic N) is 2. The molecular formula is C15H13N3OS. The average Bonchev–Trinajstić information content (AvgIpc) is 2.91. The normalized spacial score (nSPS) is 10.7. The smallest absolute Gasteiger partial charge is 0.255 e. The zero-order valence-corrected chi connectivity index (χ0v) is 12.0. The van der Waals surface area contributed by atoms with Crippen LogP contribution in [0.3, 0.4) is 0 Å². The minimum atomic E-state index is -0.131. The molecule has 5 heteroatoms. The SMILES string of the molecule is Cc1ccc(C(=O)Nc2c(C)ccc3nsnc23)cc1. The lowest BCUT2D eigenvalue weighted by molar-refractivity contribution is 0.102. The average molecular weight is 283 g/mol. The van der Waals surface area contributed by atoms with Gasteiger partial charge in [0, 0.05) is 5.56 Å². The third-order valence-corrected chi connectivity index (χ3v) is 3.73. The quantitative estimate of drug-likeness (QED) is 0.782. The first-order chi connectivity index (χ1) is 9.65. The first-order valence-corrected chi connectivity index (χ1v) is 6.98. The van der Waals surface area contributed by atoms with Crippen LogP contribution in [0.25, 0.3) is 11.0 Å². The minimum Gasteiger partial charge on any atom is -0.320 e. The number of fused-ring (bicyclic) bond motifs is 1. The highest BCUT2D eigenvalue weighted by Gasteiger charge is 2.12. The Morgan fingerprint density at radius 2 is 1.80 bits per heavy atom. The summed E-state index contributed by atoms with van der Waals surface area (Å²) >= 11 is 1.15. The first kappa shape index (κ1) is 12.7. The molecule has 20 heavy (non-hydrogen) atoms. The van der Waals surface area contributed by atoms with Gasteiger partial charge in [-0.05, 0) is 37.6 Å². The van der Waals surface area contributed by atoms with E-state index in [0.717, 1.165) is 39.6 Å². The molecule has 100 valence electrons. The summed E-state index contributed by atoms with van der Waals surface area (Å²) < 4.78 is 8.45. The highest BCUT2D eigenvalue weighted by Crippen LogP contribution is 2.26. The number of carbonyl (C=O) groups excluding carboxylic acids is 1. The molecule has 0 saturated carbocycles. The second-order valence-electron chi connectivity index (χ2n) is 4.71. The zero-order chi connectivity index (χ0) is 14.1. The van der Waals surface area contributed by atoms with Crippen molar-refractivity contribution >= 4 is 34.4 Å². The van der Waals surface area contributed by atoms with Crippen LogP contribution >= 0.6 is 11.7 Å². The molecule has 0 aliphatic rings. The van der Waals surface area contributed by atoms with Crippen molar-refractivity contribution in [3.63, 3.8) is 0 Å². The highest BCUT2D eigenvalue weighted by molar-refractivity contribution is 7.00. The fraction of sp³-hybridized carbons (Fsp3) is 0.133. The molecule has 0 fully saturated rings. The van der Waals surface area contributed by atoms with Crippen molar-refractivity contribution in [2.75, 3.05) is 5.32 Å². The van der Waals surface area contributed by atoms with E-state index in [0.29, 0.717) is 5.56 Å². The second-order valence-corrected chi connectivity index (χ2v) is 5.24. The minimum absolute atomic E-state index is 0.131. The van der Waals surface area contributed by atoms with E-state index in [1.54, 1.807) is 0 Å². The molecular weight excluding hydrogens is 270 g/mol. The summed E-state index contributed by atoms with van der Waals surface area (Å²) in [5.74, 6) is -0.131. The maximum atomic E-state index is 12.3. The molecule has 1 heterocycles. The van der Waals surface area contributed by atoms with Gasteiger partial charge in [0.05, 0.1) is 17.4 Å².